The maximum absolute atomic E-state index is 13.7. The SMILES string of the molecule is CC(COP(=O)(OC(C)(C)C)OC(C)(C)C)N(C(=O)OC(C)(C)C)c1ccc2cc(Sc3cccc(OCc4ccccc4)c3)ccc2c1. The van der Waals surface area contributed by atoms with Crippen LogP contribution in [0.1, 0.15) is 74.8 Å². The second kappa shape index (κ2) is 15.7. The number of phosphoric acid groups is 1. The zero-order valence-corrected chi connectivity index (χ0v) is 32.0. The summed E-state index contributed by atoms with van der Waals surface area (Å²) < 4.78 is 43.0. The monoisotopic (exact) mass is 707 g/mol. The molecule has 0 bridgehead atoms. The number of rotatable bonds is 12. The van der Waals surface area contributed by atoms with E-state index < -0.39 is 36.8 Å². The minimum Gasteiger partial charge on any atom is -0.489 e. The number of amides is 1. The van der Waals surface area contributed by atoms with E-state index in [9.17, 15) is 9.36 Å². The van der Waals surface area contributed by atoms with E-state index in [0.717, 1.165) is 31.9 Å². The van der Waals surface area contributed by atoms with Crippen molar-refractivity contribution in [3.8, 4) is 5.75 Å². The summed E-state index contributed by atoms with van der Waals surface area (Å²) in [6.07, 6.45) is -0.548. The third-order valence-corrected chi connectivity index (χ3v) is 9.63. The Hall–Kier alpha value is -3.33. The summed E-state index contributed by atoms with van der Waals surface area (Å²) >= 11 is 1.65. The minimum atomic E-state index is -4.00. The van der Waals surface area contributed by atoms with E-state index >= 15 is 0 Å². The van der Waals surface area contributed by atoms with Crippen molar-refractivity contribution in [3.05, 3.63) is 96.6 Å². The maximum Gasteiger partial charge on any atom is 0.475 e. The normalized spacial score (nSPS) is 13.3. The number of phosphoric ester groups is 1. The highest BCUT2D eigenvalue weighted by Gasteiger charge is 2.39. The van der Waals surface area contributed by atoms with Crippen LogP contribution in [-0.4, -0.2) is 35.5 Å². The molecule has 4 rings (SSSR count). The highest BCUT2D eigenvalue weighted by Crippen LogP contribution is 2.55. The van der Waals surface area contributed by atoms with Crippen LogP contribution < -0.4 is 9.64 Å². The summed E-state index contributed by atoms with van der Waals surface area (Å²) in [6.45, 7) is 18.3. The third kappa shape index (κ3) is 12.5. The molecule has 264 valence electrons. The molecule has 8 nitrogen and oxygen atoms in total. The van der Waals surface area contributed by atoms with Crippen LogP contribution in [0.15, 0.2) is 101 Å². The van der Waals surface area contributed by atoms with E-state index in [4.69, 9.17) is 23.0 Å². The van der Waals surface area contributed by atoms with Gasteiger partial charge in [0.05, 0.1) is 23.9 Å². The van der Waals surface area contributed by atoms with Gasteiger partial charge in [0, 0.05) is 15.5 Å². The molecule has 0 aromatic heterocycles. The Balaban J connectivity index is 1.54. The molecule has 1 atom stereocenters. The van der Waals surface area contributed by atoms with Crippen molar-refractivity contribution in [2.75, 3.05) is 11.5 Å². The first-order valence-electron chi connectivity index (χ1n) is 16.4. The average molecular weight is 708 g/mol. The number of benzene rings is 4. The van der Waals surface area contributed by atoms with E-state index in [2.05, 4.69) is 18.2 Å². The summed E-state index contributed by atoms with van der Waals surface area (Å²) in [6, 6.07) is 29.6. The zero-order chi connectivity index (χ0) is 36.0. The summed E-state index contributed by atoms with van der Waals surface area (Å²) in [5.74, 6) is 0.811. The molecule has 0 aliphatic rings. The number of carbonyl (C=O) groups is 1. The highest BCUT2D eigenvalue weighted by molar-refractivity contribution is 7.99. The van der Waals surface area contributed by atoms with Gasteiger partial charge >= 0.3 is 13.9 Å². The first kappa shape index (κ1) is 38.5. The van der Waals surface area contributed by atoms with Gasteiger partial charge in [0.2, 0.25) is 0 Å². The molecule has 1 unspecified atom stereocenters. The van der Waals surface area contributed by atoms with E-state index in [0.29, 0.717) is 12.3 Å². The van der Waals surface area contributed by atoms with Gasteiger partial charge in [-0.1, -0.05) is 60.3 Å². The largest absolute Gasteiger partial charge is 0.489 e. The topological polar surface area (TPSA) is 83.5 Å². The van der Waals surface area contributed by atoms with Crippen molar-refractivity contribution in [1.29, 1.82) is 0 Å². The molecule has 10 heteroatoms. The van der Waals surface area contributed by atoms with Gasteiger partial charge in [-0.05, 0) is 128 Å². The van der Waals surface area contributed by atoms with Gasteiger partial charge in [-0.2, -0.15) is 0 Å². The lowest BCUT2D eigenvalue weighted by Gasteiger charge is -2.34. The van der Waals surface area contributed by atoms with E-state index in [1.54, 1.807) is 53.3 Å². The Kier molecular flexibility index (Phi) is 12.3. The number of ether oxygens (including phenoxy) is 2. The molecular weight excluding hydrogens is 657 g/mol. The van der Waals surface area contributed by atoms with Gasteiger partial charge < -0.3 is 9.47 Å². The summed E-state index contributed by atoms with van der Waals surface area (Å²) in [5, 5.41) is 1.96. The van der Waals surface area contributed by atoms with Gasteiger partial charge in [0.25, 0.3) is 0 Å². The lowest BCUT2D eigenvalue weighted by Crippen LogP contribution is -2.44. The fourth-order valence-electron chi connectivity index (χ4n) is 4.80. The molecule has 0 fully saturated rings. The Labute approximate surface area is 296 Å². The van der Waals surface area contributed by atoms with Crippen LogP contribution in [0.3, 0.4) is 0 Å². The molecule has 0 aliphatic carbocycles. The number of hydrogen-bond acceptors (Lipinski definition) is 8. The minimum absolute atomic E-state index is 0.121. The standard InChI is InChI=1S/C39H50NO7PS/c1-28(26-44-48(42,46-38(5,6)7)47-39(8,9)10)40(36(41)45-37(2,3)4)32-21-19-31-24-35(22-20-30(31)23-32)49-34-18-14-17-33(25-34)43-27-29-15-12-11-13-16-29/h11-25,28H,26-27H2,1-10H3. The molecule has 0 spiro atoms. The molecule has 4 aromatic carbocycles. The van der Waals surface area contributed by atoms with Crippen LogP contribution >= 0.6 is 19.6 Å². The van der Waals surface area contributed by atoms with Crippen molar-refractivity contribution in [2.24, 2.45) is 0 Å². The van der Waals surface area contributed by atoms with Crippen LogP contribution in [0.2, 0.25) is 0 Å². The molecule has 49 heavy (non-hydrogen) atoms. The van der Waals surface area contributed by atoms with Crippen molar-refractivity contribution in [2.45, 2.75) is 108 Å². The van der Waals surface area contributed by atoms with Crippen molar-refractivity contribution < 1.29 is 32.4 Å². The molecule has 1 amide bonds. The summed E-state index contributed by atoms with van der Waals surface area (Å²) in [5.41, 5.74) is -0.578. The highest BCUT2D eigenvalue weighted by atomic mass is 32.2. The fraction of sp³-hybridized carbons (Fsp3) is 0.410. The van der Waals surface area contributed by atoms with Crippen molar-refractivity contribution in [3.63, 3.8) is 0 Å². The van der Waals surface area contributed by atoms with Crippen LogP contribution in [0, 0.1) is 0 Å². The smallest absolute Gasteiger partial charge is 0.475 e. The van der Waals surface area contributed by atoms with Crippen LogP contribution in [0.5, 0.6) is 5.75 Å². The molecule has 0 aliphatic heterocycles. The molecule has 0 saturated carbocycles. The van der Waals surface area contributed by atoms with Crippen LogP contribution in [0.4, 0.5) is 10.5 Å². The Bertz CT molecular complexity index is 1740. The van der Waals surface area contributed by atoms with Gasteiger partial charge in [-0.25, -0.2) is 9.36 Å². The van der Waals surface area contributed by atoms with Crippen molar-refractivity contribution in [1.82, 2.24) is 0 Å². The number of anilines is 1. The molecule has 0 heterocycles. The van der Waals surface area contributed by atoms with Gasteiger partial charge in [-0.3, -0.25) is 18.5 Å². The van der Waals surface area contributed by atoms with Gasteiger partial charge in [0.1, 0.15) is 18.0 Å². The molecular formula is C39H50NO7PS. The Morgan fingerprint density at radius 2 is 1.35 bits per heavy atom. The molecule has 0 radical (unpaired) electrons. The Morgan fingerprint density at radius 1 is 0.735 bits per heavy atom. The lowest BCUT2D eigenvalue weighted by molar-refractivity contribution is 0.00120. The number of hydrogen-bond donors (Lipinski definition) is 0. The molecule has 0 N–H and O–H groups in total. The quantitative estimate of drug-likeness (QED) is 0.135. The van der Waals surface area contributed by atoms with E-state index in [1.165, 1.54) is 4.90 Å². The van der Waals surface area contributed by atoms with Gasteiger partial charge in [-0.15, -0.1) is 0 Å². The predicted molar refractivity (Wildman–Crippen MR) is 199 cm³/mol. The van der Waals surface area contributed by atoms with Crippen LogP contribution in [-0.2, 0) is 29.5 Å². The number of carbonyl (C=O) groups excluding carboxylic acids is 1. The lowest BCUT2D eigenvalue weighted by atomic mass is 10.1. The van der Waals surface area contributed by atoms with E-state index in [-0.39, 0.29) is 6.61 Å². The number of fused-ring (bicyclic) bond motifs is 1. The average Bonchev–Trinajstić information content (AvgIpc) is 2.97. The van der Waals surface area contributed by atoms with Gasteiger partial charge in [0.15, 0.2) is 0 Å². The third-order valence-electron chi connectivity index (χ3n) is 6.64. The second-order valence-corrected chi connectivity index (χ2v) is 17.6. The second-order valence-electron chi connectivity index (χ2n) is 14.9. The Morgan fingerprint density at radius 3 is 1.98 bits per heavy atom. The first-order valence-corrected chi connectivity index (χ1v) is 18.7. The summed E-state index contributed by atoms with van der Waals surface area (Å²) in [4.78, 5) is 17.3. The fourth-order valence-corrected chi connectivity index (χ4v) is 7.59. The predicted octanol–water partition coefficient (Wildman–Crippen LogP) is 11.5. The van der Waals surface area contributed by atoms with Crippen LogP contribution in [0.25, 0.3) is 10.8 Å². The summed E-state index contributed by atoms with van der Waals surface area (Å²) in [7, 11) is -4.00. The zero-order valence-electron chi connectivity index (χ0n) is 30.3. The van der Waals surface area contributed by atoms with Crippen molar-refractivity contribution >= 4 is 42.1 Å². The molecule has 4 aromatic rings. The van der Waals surface area contributed by atoms with E-state index in [1.807, 2.05) is 100 Å². The number of nitrogens with zero attached hydrogens (tertiary/aromatic N) is 1. The first-order chi connectivity index (χ1) is 22.8. The molecule has 0 saturated heterocycles. The maximum atomic E-state index is 13.7.